The van der Waals surface area contributed by atoms with Crippen LogP contribution in [-0.4, -0.2) is 27.3 Å². The highest BCUT2D eigenvalue weighted by Crippen LogP contribution is 2.37. The number of anilines is 2. The molecule has 0 aliphatic carbocycles. The maximum Gasteiger partial charge on any atom is 0.255 e. The van der Waals surface area contributed by atoms with Crippen LogP contribution in [0.5, 0.6) is 5.75 Å². The Morgan fingerprint density at radius 3 is 2.53 bits per heavy atom. The predicted octanol–water partition coefficient (Wildman–Crippen LogP) is 6.51. The molecule has 1 aliphatic rings. The second kappa shape index (κ2) is 11.1. The van der Waals surface area contributed by atoms with Gasteiger partial charge in [-0.15, -0.1) is 5.10 Å². The van der Waals surface area contributed by atoms with E-state index in [0.717, 1.165) is 39.6 Å². The number of nitrogens with one attached hydrogen (secondary N) is 2. The minimum Gasteiger partial charge on any atom is -0.494 e. The monoisotopic (exact) mass is 525 g/mol. The van der Waals surface area contributed by atoms with Crippen molar-refractivity contribution in [1.82, 2.24) is 14.8 Å². The number of hydrogen-bond donors (Lipinski definition) is 2. The van der Waals surface area contributed by atoms with Crippen LogP contribution >= 0.6 is 11.8 Å². The third-order valence-electron chi connectivity index (χ3n) is 6.43. The van der Waals surface area contributed by atoms with Gasteiger partial charge in [0, 0.05) is 17.1 Å². The second-order valence-corrected chi connectivity index (χ2v) is 10.2. The van der Waals surface area contributed by atoms with Gasteiger partial charge in [0.15, 0.2) is 0 Å². The van der Waals surface area contributed by atoms with E-state index in [2.05, 4.69) is 28.8 Å². The van der Waals surface area contributed by atoms with E-state index in [9.17, 15) is 4.79 Å². The molecule has 1 aromatic heterocycles. The van der Waals surface area contributed by atoms with Crippen LogP contribution in [0.2, 0.25) is 0 Å². The Balaban J connectivity index is 1.50. The van der Waals surface area contributed by atoms with Gasteiger partial charge in [-0.2, -0.15) is 4.98 Å². The standard InChI is InChI=1S/C30H31N5O2S/c1-5-37-24-14-12-23(13-15-24)27-26(28(36)32-25-16-11-19(2)17-20(25)3)21(4)31-29-33-30(34-35(27)29)38-18-22-9-7-6-8-10-22/h6-17,27H,5,18H2,1-4H3,(H,32,36)(H,31,33,34)/t27-/m1/s1. The third-order valence-corrected chi connectivity index (χ3v) is 7.33. The van der Waals surface area contributed by atoms with Crippen LogP contribution in [0.1, 0.15) is 42.1 Å². The first-order chi connectivity index (χ1) is 18.4. The number of fused-ring (bicyclic) bond motifs is 1. The Hall–Kier alpha value is -4.04. The van der Waals surface area contributed by atoms with Crippen molar-refractivity contribution in [3.63, 3.8) is 0 Å². The summed E-state index contributed by atoms with van der Waals surface area (Å²) in [5, 5.41) is 11.9. The van der Waals surface area contributed by atoms with E-state index < -0.39 is 6.04 Å². The number of aromatic nitrogens is 3. The van der Waals surface area contributed by atoms with Gasteiger partial charge in [-0.1, -0.05) is 71.9 Å². The zero-order chi connectivity index (χ0) is 26.6. The summed E-state index contributed by atoms with van der Waals surface area (Å²) in [6.45, 7) is 8.49. The van der Waals surface area contributed by atoms with Gasteiger partial charge < -0.3 is 15.4 Å². The smallest absolute Gasteiger partial charge is 0.255 e. The normalized spacial score (nSPS) is 14.6. The topological polar surface area (TPSA) is 81.1 Å². The molecule has 0 saturated heterocycles. The fraction of sp³-hybridized carbons (Fsp3) is 0.233. The lowest BCUT2D eigenvalue weighted by molar-refractivity contribution is -0.113. The van der Waals surface area contributed by atoms with E-state index in [1.807, 2.05) is 87.0 Å². The molecule has 2 heterocycles. The summed E-state index contributed by atoms with van der Waals surface area (Å²) in [4.78, 5) is 18.5. The molecule has 1 amide bonds. The minimum atomic E-state index is -0.453. The Kier molecular flexibility index (Phi) is 7.51. The van der Waals surface area contributed by atoms with E-state index in [-0.39, 0.29) is 5.91 Å². The number of rotatable bonds is 8. The Labute approximate surface area is 227 Å². The van der Waals surface area contributed by atoms with Crippen molar-refractivity contribution in [2.24, 2.45) is 0 Å². The molecule has 0 bridgehead atoms. The summed E-state index contributed by atoms with van der Waals surface area (Å²) in [6, 6.07) is 23.6. The molecule has 0 radical (unpaired) electrons. The second-order valence-electron chi connectivity index (χ2n) is 9.28. The summed E-state index contributed by atoms with van der Waals surface area (Å²) >= 11 is 1.57. The number of carbonyl (C=O) groups excluding carboxylic acids is 1. The third kappa shape index (κ3) is 5.45. The minimum absolute atomic E-state index is 0.180. The van der Waals surface area contributed by atoms with Gasteiger partial charge in [-0.3, -0.25) is 4.79 Å². The van der Waals surface area contributed by atoms with Crippen LogP contribution in [0.3, 0.4) is 0 Å². The van der Waals surface area contributed by atoms with Crippen LogP contribution in [0.25, 0.3) is 0 Å². The van der Waals surface area contributed by atoms with Crippen molar-refractivity contribution >= 4 is 29.3 Å². The molecule has 5 rings (SSSR count). The molecule has 0 spiro atoms. The summed E-state index contributed by atoms with van der Waals surface area (Å²) < 4.78 is 7.46. The lowest BCUT2D eigenvalue weighted by Crippen LogP contribution is -2.31. The summed E-state index contributed by atoms with van der Waals surface area (Å²) in [6.07, 6.45) is 0. The first kappa shape index (κ1) is 25.6. The van der Waals surface area contributed by atoms with Gasteiger partial charge in [-0.05, 0) is 62.6 Å². The van der Waals surface area contributed by atoms with E-state index in [1.54, 1.807) is 11.8 Å². The van der Waals surface area contributed by atoms with Crippen molar-refractivity contribution < 1.29 is 9.53 Å². The van der Waals surface area contributed by atoms with E-state index in [4.69, 9.17) is 14.8 Å². The highest BCUT2D eigenvalue weighted by Gasteiger charge is 2.34. The maximum absolute atomic E-state index is 13.8. The molecule has 2 N–H and O–H groups in total. The number of nitrogens with zero attached hydrogens (tertiary/aromatic N) is 3. The Morgan fingerprint density at radius 1 is 1.05 bits per heavy atom. The molecule has 7 nitrogen and oxygen atoms in total. The highest BCUT2D eigenvalue weighted by atomic mass is 32.2. The molecule has 194 valence electrons. The zero-order valence-corrected chi connectivity index (χ0v) is 22.8. The quantitative estimate of drug-likeness (QED) is 0.255. The number of benzene rings is 3. The SMILES string of the molecule is CCOc1ccc([C@@H]2C(C(=O)Nc3ccc(C)cc3C)=C(C)Nc3nc(SCc4ccccc4)nn32)cc1. The van der Waals surface area contributed by atoms with Gasteiger partial charge in [0.1, 0.15) is 11.8 Å². The number of allylic oxidation sites excluding steroid dienone is 1. The van der Waals surface area contributed by atoms with Crippen molar-refractivity contribution in [3.8, 4) is 5.75 Å². The van der Waals surface area contributed by atoms with Crippen LogP contribution in [0, 0.1) is 13.8 Å². The molecular formula is C30H31N5O2S. The Morgan fingerprint density at radius 2 is 1.82 bits per heavy atom. The first-order valence-electron chi connectivity index (χ1n) is 12.7. The first-order valence-corrected chi connectivity index (χ1v) is 13.6. The van der Waals surface area contributed by atoms with Crippen molar-refractivity contribution in [1.29, 1.82) is 0 Å². The van der Waals surface area contributed by atoms with Gasteiger partial charge in [0.2, 0.25) is 11.1 Å². The largest absolute Gasteiger partial charge is 0.494 e. The molecule has 0 saturated carbocycles. The number of carbonyl (C=O) groups is 1. The summed E-state index contributed by atoms with van der Waals surface area (Å²) in [5.41, 5.74) is 6.40. The molecule has 3 aromatic carbocycles. The lowest BCUT2D eigenvalue weighted by Gasteiger charge is -2.29. The van der Waals surface area contributed by atoms with Crippen LogP contribution in [0.4, 0.5) is 11.6 Å². The zero-order valence-electron chi connectivity index (χ0n) is 22.0. The van der Waals surface area contributed by atoms with Crippen molar-refractivity contribution in [2.75, 3.05) is 17.2 Å². The number of thioether (sulfide) groups is 1. The predicted molar refractivity (Wildman–Crippen MR) is 153 cm³/mol. The summed E-state index contributed by atoms with van der Waals surface area (Å²) in [7, 11) is 0. The molecule has 0 unspecified atom stereocenters. The van der Waals surface area contributed by atoms with Crippen LogP contribution in [0.15, 0.2) is 89.2 Å². The van der Waals surface area contributed by atoms with Gasteiger partial charge in [0.25, 0.3) is 5.91 Å². The maximum atomic E-state index is 13.8. The fourth-order valence-electron chi connectivity index (χ4n) is 4.57. The Bertz CT molecular complexity index is 1480. The summed E-state index contributed by atoms with van der Waals surface area (Å²) in [5.74, 6) is 1.97. The molecule has 1 atom stereocenters. The average molecular weight is 526 g/mol. The molecule has 38 heavy (non-hydrogen) atoms. The number of ether oxygens (including phenoxy) is 1. The molecule has 8 heteroatoms. The molecule has 0 fully saturated rings. The van der Waals surface area contributed by atoms with E-state index >= 15 is 0 Å². The van der Waals surface area contributed by atoms with Crippen molar-refractivity contribution in [2.45, 2.75) is 44.6 Å². The molecule has 1 aliphatic heterocycles. The van der Waals surface area contributed by atoms with E-state index in [1.165, 1.54) is 5.56 Å². The fourth-order valence-corrected chi connectivity index (χ4v) is 5.36. The van der Waals surface area contributed by atoms with Crippen molar-refractivity contribution in [3.05, 3.63) is 106 Å². The molecular weight excluding hydrogens is 494 g/mol. The van der Waals surface area contributed by atoms with Gasteiger partial charge in [0.05, 0.1) is 12.2 Å². The van der Waals surface area contributed by atoms with E-state index in [0.29, 0.717) is 23.3 Å². The number of aryl methyl sites for hydroxylation is 2. The lowest BCUT2D eigenvalue weighted by atomic mass is 9.94. The van der Waals surface area contributed by atoms with Crippen LogP contribution in [-0.2, 0) is 10.5 Å². The number of amides is 1. The average Bonchev–Trinajstić information content (AvgIpc) is 3.32. The molecule has 4 aromatic rings. The number of hydrogen-bond acceptors (Lipinski definition) is 6. The highest BCUT2D eigenvalue weighted by molar-refractivity contribution is 7.98. The van der Waals surface area contributed by atoms with Gasteiger partial charge in [-0.25, -0.2) is 4.68 Å². The van der Waals surface area contributed by atoms with Gasteiger partial charge >= 0.3 is 0 Å². The van der Waals surface area contributed by atoms with Crippen LogP contribution < -0.4 is 15.4 Å².